The summed E-state index contributed by atoms with van der Waals surface area (Å²) in [6, 6.07) is 15.0. The van der Waals surface area contributed by atoms with E-state index in [1.54, 1.807) is 19.2 Å². The molecular formula is C30H40ClN3O3. The highest BCUT2D eigenvalue weighted by Gasteiger charge is 2.23. The second kappa shape index (κ2) is 15.4. The van der Waals surface area contributed by atoms with Gasteiger partial charge in [-0.1, -0.05) is 80.3 Å². The van der Waals surface area contributed by atoms with Crippen LogP contribution in [0.2, 0.25) is 5.02 Å². The number of ether oxygens (including phenoxy) is 1. The van der Waals surface area contributed by atoms with Crippen molar-refractivity contribution in [2.75, 3.05) is 52.9 Å². The molecule has 200 valence electrons. The van der Waals surface area contributed by atoms with Crippen LogP contribution in [-0.2, 0) is 4.79 Å². The monoisotopic (exact) mass is 525 g/mol. The van der Waals surface area contributed by atoms with Gasteiger partial charge in [0.05, 0.1) is 17.7 Å². The van der Waals surface area contributed by atoms with Crippen molar-refractivity contribution in [3.63, 3.8) is 0 Å². The minimum absolute atomic E-state index is 0.0869. The van der Waals surface area contributed by atoms with Crippen LogP contribution >= 0.6 is 11.6 Å². The number of piperazine rings is 1. The molecule has 0 radical (unpaired) electrons. The SMILES string of the molecule is CCCCCCC(=O)N1CCN(CCN(CC=Cc2ccccc2OC)C(=O)c2ccccc2Cl)CC1. The Hall–Kier alpha value is -2.83. The Labute approximate surface area is 226 Å². The van der Waals surface area contributed by atoms with Gasteiger partial charge in [-0.2, -0.15) is 0 Å². The number of unbranched alkanes of at least 4 members (excludes halogenated alkanes) is 3. The summed E-state index contributed by atoms with van der Waals surface area (Å²) in [6.07, 6.45) is 9.10. The molecule has 0 bridgehead atoms. The zero-order valence-electron chi connectivity index (χ0n) is 22.2. The highest BCUT2D eigenvalue weighted by Crippen LogP contribution is 2.20. The van der Waals surface area contributed by atoms with Gasteiger partial charge in [0.25, 0.3) is 5.91 Å². The van der Waals surface area contributed by atoms with Gasteiger partial charge in [-0.15, -0.1) is 0 Å². The highest BCUT2D eigenvalue weighted by molar-refractivity contribution is 6.33. The lowest BCUT2D eigenvalue weighted by molar-refractivity contribution is -0.133. The number of hydrogen-bond donors (Lipinski definition) is 0. The van der Waals surface area contributed by atoms with Gasteiger partial charge < -0.3 is 14.5 Å². The van der Waals surface area contributed by atoms with Crippen molar-refractivity contribution in [1.29, 1.82) is 0 Å². The molecule has 37 heavy (non-hydrogen) atoms. The Bertz CT molecular complexity index is 1030. The number of hydrogen-bond acceptors (Lipinski definition) is 4. The molecule has 7 heteroatoms. The summed E-state index contributed by atoms with van der Waals surface area (Å²) < 4.78 is 5.44. The minimum atomic E-state index is -0.0869. The maximum Gasteiger partial charge on any atom is 0.255 e. The summed E-state index contributed by atoms with van der Waals surface area (Å²) in [4.78, 5) is 32.1. The van der Waals surface area contributed by atoms with E-state index in [1.165, 1.54) is 12.8 Å². The number of amides is 2. The zero-order valence-corrected chi connectivity index (χ0v) is 23.0. The van der Waals surface area contributed by atoms with Gasteiger partial charge in [-0.3, -0.25) is 14.5 Å². The summed E-state index contributed by atoms with van der Waals surface area (Å²) in [6.45, 7) is 7.11. The van der Waals surface area contributed by atoms with Crippen molar-refractivity contribution in [2.24, 2.45) is 0 Å². The maximum atomic E-state index is 13.4. The van der Waals surface area contributed by atoms with Gasteiger partial charge in [0.15, 0.2) is 0 Å². The smallest absolute Gasteiger partial charge is 0.255 e. The van der Waals surface area contributed by atoms with E-state index in [-0.39, 0.29) is 11.8 Å². The van der Waals surface area contributed by atoms with Gasteiger partial charge in [0.1, 0.15) is 5.75 Å². The fourth-order valence-corrected chi connectivity index (χ4v) is 4.75. The predicted octanol–water partition coefficient (Wildman–Crippen LogP) is 5.62. The van der Waals surface area contributed by atoms with Gasteiger partial charge in [-0.05, 0) is 24.6 Å². The molecule has 1 heterocycles. The molecule has 0 unspecified atom stereocenters. The van der Waals surface area contributed by atoms with Crippen LogP contribution in [0.15, 0.2) is 54.6 Å². The van der Waals surface area contributed by atoms with Crippen LogP contribution in [-0.4, -0.2) is 79.4 Å². The molecule has 3 rings (SSSR count). The Morgan fingerprint density at radius 3 is 2.46 bits per heavy atom. The zero-order chi connectivity index (χ0) is 26.5. The number of carbonyl (C=O) groups is 2. The first-order valence-corrected chi connectivity index (χ1v) is 13.7. The molecule has 0 saturated carbocycles. The van der Waals surface area contributed by atoms with E-state index in [9.17, 15) is 9.59 Å². The largest absolute Gasteiger partial charge is 0.496 e. The molecule has 2 aromatic carbocycles. The van der Waals surface area contributed by atoms with Crippen LogP contribution in [0.4, 0.5) is 0 Å². The van der Waals surface area contributed by atoms with Gasteiger partial charge in [0, 0.05) is 57.8 Å². The van der Waals surface area contributed by atoms with Crippen molar-refractivity contribution in [2.45, 2.75) is 39.0 Å². The number of para-hydroxylation sites is 1. The average Bonchev–Trinajstić information content (AvgIpc) is 2.93. The Kier molecular flexibility index (Phi) is 12.0. The second-order valence-electron chi connectivity index (χ2n) is 9.41. The third-order valence-electron chi connectivity index (χ3n) is 6.81. The quantitative estimate of drug-likeness (QED) is 0.318. The van der Waals surface area contributed by atoms with Crippen LogP contribution in [0.3, 0.4) is 0 Å². The maximum absolute atomic E-state index is 13.4. The predicted molar refractivity (Wildman–Crippen MR) is 151 cm³/mol. The van der Waals surface area contributed by atoms with E-state index in [2.05, 4.69) is 11.8 Å². The van der Waals surface area contributed by atoms with E-state index in [0.717, 1.165) is 56.9 Å². The molecule has 0 atom stereocenters. The van der Waals surface area contributed by atoms with Crippen LogP contribution in [0.1, 0.15) is 54.9 Å². The molecule has 2 amide bonds. The van der Waals surface area contributed by atoms with Crippen molar-refractivity contribution >= 4 is 29.5 Å². The Balaban J connectivity index is 1.58. The van der Waals surface area contributed by atoms with Crippen molar-refractivity contribution in [3.8, 4) is 5.75 Å². The number of nitrogens with zero attached hydrogens (tertiary/aromatic N) is 3. The number of rotatable bonds is 13. The van der Waals surface area contributed by atoms with E-state index < -0.39 is 0 Å². The first kappa shape index (κ1) is 28.7. The van der Waals surface area contributed by atoms with E-state index >= 15 is 0 Å². The van der Waals surface area contributed by atoms with Crippen LogP contribution < -0.4 is 4.74 Å². The summed E-state index contributed by atoms with van der Waals surface area (Å²) in [5.74, 6) is 0.976. The molecular weight excluding hydrogens is 486 g/mol. The van der Waals surface area contributed by atoms with Crippen LogP contribution in [0, 0.1) is 0 Å². The highest BCUT2D eigenvalue weighted by atomic mass is 35.5. The molecule has 0 N–H and O–H groups in total. The fourth-order valence-electron chi connectivity index (χ4n) is 4.54. The molecule has 1 fully saturated rings. The molecule has 1 aliphatic heterocycles. The molecule has 1 aliphatic rings. The van der Waals surface area contributed by atoms with Crippen LogP contribution in [0.25, 0.3) is 6.08 Å². The normalized spacial score (nSPS) is 14.2. The van der Waals surface area contributed by atoms with E-state index in [0.29, 0.717) is 30.1 Å². The number of benzene rings is 2. The van der Waals surface area contributed by atoms with Crippen molar-refractivity contribution in [1.82, 2.24) is 14.7 Å². The summed E-state index contributed by atoms with van der Waals surface area (Å²) in [7, 11) is 1.65. The molecule has 2 aromatic rings. The van der Waals surface area contributed by atoms with Crippen LogP contribution in [0.5, 0.6) is 5.75 Å². The minimum Gasteiger partial charge on any atom is -0.496 e. The molecule has 0 aliphatic carbocycles. The first-order valence-electron chi connectivity index (χ1n) is 13.4. The third kappa shape index (κ3) is 8.90. The lowest BCUT2D eigenvalue weighted by Gasteiger charge is -2.36. The average molecular weight is 526 g/mol. The van der Waals surface area contributed by atoms with Crippen molar-refractivity contribution < 1.29 is 14.3 Å². The Morgan fingerprint density at radius 1 is 1.00 bits per heavy atom. The topological polar surface area (TPSA) is 53.1 Å². The number of methoxy groups -OCH3 is 1. The summed E-state index contributed by atoms with van der Waals surface area (Å²) in [5, 5.41) is 0.456. The standard InChI is InChI=1S/C30H40ClN3O3/c1-3-4-5-6-17-29(35)33-22-19-32(20-23-33)21-24-34(30(36)26-14-8-9-15-27(26)31)18-11-13-25-12-7-10-16-28(25)37-2/h7-16H,3-6,17-24H2,1-2H3. The summed E-state index contributed by atoms with van der Waals surface area (Å²) >= 11 is 6.35. The Morgan fingerprint density at radius 2 is 1.73 bits per heavy atom. The van der Waals surface area contributed by atoms with E-state index in [1.807, 2.05) is 58.4 Å². The fraction of sp³-hybridized carbons (Fsp3) is 0.467. The lowest BCUT2D eigenvalue weighted by Crippen LogP contribution is -2.50. The second-order valence-corrected chi connectivity index (χ2v) is 9.82. The molecule has 6 nitrogen and oxygen atoms in total. The summed E-state index contributed by atoms with van der Waals surface area (Å²) in [5.41, 5.74) is 1.47. The van der Waals surface area contributed by atoms with Gasteiger partial charge in [0.2, 0.25) is 5.91 Å². The molecule has 1 saturated heterocycles. The molecule has 0 spiro atoms. The molecule has 0 aromatic heterocycles. The van der Waals surface area contributed by atoms with E-state index in [4.69, 9.17) is 16.3 Å². The first-order chi connectivity index (χ1) is 18.0. The number of halogens is 1. The third-order valence-corrected chi connectivity index (χ3v) is 7.14. The number of carbonyl (C=O) groups excluding carboxylic acids is 2. The lowest BCUT2D eigenvalue weighted by atomic mass is 10.1. The van der Waals surface area contributed by atoms with Gasteiger partial charge >= 0.3 is 0 Å². The van der Waals surface area contributed by atoms with Gasteiger partial charge in [-0.25, -0.2) is 0 Å². The van der Waals surface area contributed by atoms with Crippen molar-refractivity contribution in [3.05, 3.63) is 70.8 Å².